The van der Waals surface area contributed by atoms with Crippen LogP contribution < -0.4 is 0 Å². The van der Waals surface area contributed by atoms with E-state index in [0.29, 0.717) is 16.7 Å². The molecule has 0 heterocycles. The largest absolute Gasteiger partial charge is 2.00 e. The zero-order chi connectivity index (χ0) is 15.6. The summed E-state index contributed by atoms with van der Waals surface area (Å²) in [5.74, 6) is 0.522. The summed E-state index contributed by atoms with van der Waals surface area (Å²) in [6.07, 6.45) is 14.2. The van der Waals surface area contributed by atoms with Gasteiger partial charge in [-0.15, -0.1) is 6.42 Å². The van der Waals surface area contributed by atoms with Crippen LogP contribution in [0.1, 0.15) is 61.8 Å². The van der Waals surface area contributed by atoms with E-state index in [9.17, 15) is 0 Å². The van der Waals surface area contributed by atoms with Gasteiger partial charge in [0.1, 0.15) is 0 Å². The van der Waals surface area contributed by atoms with Gasteiger partial charge in [0.25, 0.3) is 0 Å². The van der Waals surface area contributed by atoms with Gasteiger partial charge in [-0.3, -0.25) is 12.2 Å². The molecular weight excluding hydrogens is 288 g/mol. The molecule has 0 aromatic heterocycles. The molecule has 0 radical (unpaired) electrons. The van der Waals surface area contributed by atoms with Crippen molar-refractivity contribution in [2.75, 3.05) is 0 Å². The van der Waals surface area contributed by atoms with Crippen molar-refractivity contribution in [2.24, 2.45) is 16.7 Å². The molecule has 2 aliphatic carbocycles. The van der Waals surface area contributed by atoms with Gasteiger partial charge >= 0.3 is 21.7 Å². The van der Waals surface area contributed by atoms with Crippen LogP contribution in [0.5, 0.6) is 0 Å². The molecule has 0 amide bonds. The van der Waals surface area contributed by atoms with E-state index in [-0.39, 0.29) is 21.7 Å². The second-order valence-electron chi connectivity index (χ2n) is 7.93. The Morgan fingerprint density at radius 1 is 1.05 bits per heavy atom. The van der Waals surface area contributed by atoms with E-state index in [2.05, 4.69) is 85.8 Å². The van der Waals surface area contributed by atoms with E-state index < -0.39 is 0 Å². The molecule has 114 valence electrons. The van der Waals surface area contributed by atoms with Gasteiger partial charge in [-0.2, -0.15) is 17.2 Å². The molecule has 2 rings (SSSR count). The Hall–Kier alpha value is -0.326. The predicted molar refractivity (Wildman–Crippen MR) is 89.1 cm³/mol. The SMILES string of the molecule is CC1=[C-]CC(C(C)(C)C)=C1.CC1[C-]=CC(C(C)(C)C)=C1.[Ti+2]. The van der Waals surface area contributed by atoms with E-state index in [1.165, 1.54) is 16.7 Å². The van der Waals surface area contributed by atoms with Crippen LogP contribution in [0.15, 0.2) is 34.9 Å². The van der Waals surface area contributed by atoms with Crippen molar-refractivity contribution >= 4 is 0 Å². The van der Waals surface area contributed by atoms with Crippen molar-refractivity contribution < 1.29 is 21.7 Å². The Morgan fingerprint density at radius 2 is 1.62 bits per heavy atom. The Kier molecular flexibility index (Phi) is 7.67. The molecule has 0 spiro atoms. The summed E-state index contributed by atoms with van der Waals surface area (Å²) >= 11 is 0. The Morgan fingerprint density at radius 3 is 1.81 bits per heavy atom. The molecule has 21 heavy (non-hydrogen) atoms. The smallest absolute Gasteiger partial charge is 0.270 e. The minimum Gasteiger partial charge on any atom is -0.270 e. The van der Waals surface area contributed by atoms with Gasteiger partial charge in [0, 0.05) is 0 Å². The summed E-state index contributed by atoms with van der Waals surface area (Å²) in [6.45, 7) is 17.7. The van der Waals surface area contributed by atoms with Crippen LogP contribution in [-0.4, -0.2) is 0 Å². The van der Waals surface area contributed by atoms with Crippen LogP contribution in [0.3, 0.4) is 0 Å². The van der Waals surface area contributed by atoms with Crippen molar-refractivity contribution in [2.45, 2.75) is 61.8 Å². The molecule has 1 atom stereocenters. The van der Waals surface area contributed by atoms with Gasteiger partial charge in [0.05, 0.1) is 0 Å². The molecule has 0 aliphatic heterocycles. The van der Waals surface area contributed by atoms with E-state index >= 15 is 0 Å². The molecule has 1 heteroatoms. The Bertz CT molecular complexity index is 459. The van der Waals surface area contributed by atoms with Gasteiger partial charge in [0.2, 0.25) is 0 Å². The standard InChI is InChI=1S/2C10H15.Ti/c2*1-8-5-6-9(7-8)10(2,3)4;/h7H,6H2,1-4H3;6-8H,1-4H3;/q2*-1;+2. The third-order valence-corrected chi connectivity index (χ3v) is 3.71. The quantitative estimate of drug-likeness (QED) is 0.375. The van der Waals surface area contributed by atoms with Gasteiger partial charge in [0.15, 0.2) is 0 Å². The van der Waals surface area contributed by atoms with E-state index in [4.69, 9.17) is 0 Å². The average molecular weight is 318 g/mol. The van der Waals surface area contributed by atoms with Crippen molar-refractivity contribution in [3.05, 3.63) is 47.1 Å². The first-order valence-electron chi connectivity index (χ1n) is 7.60. The van der Waals surface area contributed by atoms with E-state index in [0.717, 1.165) is 6.42 Å². The summed E-state index contributed by atoms with van der Waals surface area (Å²) in [7, 11) is 0. The van der Waals surface area contributed by atoms with Gasteiger partial charge in [-0.05, 0) is 5.41 Å². The third kappa shape index (κ3) is 6.98. The average Bonchev–Trinajstić information content (AvgIpc) is 2.85. The summed E-state index contributed by atoms with van der Waals surface area (Å²) in [4.78, 5) is 0. The second kappa shape index (κ2) is 7.79. The molecule has 0 N–H and O–H groups in total. The minimum atomic E-state index is 0. The summed E-state index contributed by atoms with van der Waals surface area (Å²) in [6, 6.07) is 0. The summed E-state index contributed by atoms with van der Waals surface area (Å²) in [5.41, 5.74) is 4.86. The van der Waals surface area contributed by atoms with Gasteiger partial charge in [-0.25, -0.2) is 17.7 Å². The summed E-state index contributed by atoms with van der Waals surface area (Å²) < 4.78 is 0. The molecule has 1 unspecified atom stereocenters. The fourth-order valence-corrected chi connectivity index (χ4v) is 2.13. The number of allylic oxidation sites excluding steroid dienone is 8. The number of hydrogen-bond donors (Lipinski definition) is 0. The summed E-state index contributed by atoms with van der Waals surface area (Å²) in [5, 5.41) is 0. The van der Waals surface area contributed by atoms with Crippen LogP contribution in [0, 0.1) is 28.9 Å². The fourth-order valence-electron chi connectivity index (χ4n) is 2.13. The van der Waals surface area contributed by atoms with Crippen molar-refractivity contribution in [1.29, 1.82) is 0 Å². The molecule has 0 saturated heterocycles. The van der Waals surface area contributed by atoms with E-state index in [1.54, 1.807) is 0 Å². The van der Waals surface area contributed by atoms with Crippen molar-refractivity contribution in [1.82, 2.24) is 0 Å². The first-order valence-corrected chi connectivity index (χ1v) is 7.60. The maximum absolute atomic E-state index is 3.30. The molecular formula is C20H30Ti. The predicted octanol–water partition coefficient (Wildman–Crippen LogP) is 6.08. The second-order valence-corrected chi connectivity index (χ2v) is 7.93. The minimum absolute atomic E-state index is 0. The van der Waals surface area contributed by atoms with Crippen molar-refractivity contribution in [3.63, 3.8) is 0 Å². The zero-order valence-electron chi connectivity index (χ0n) is 15.0. The monoisotopic (exact) mass is 318 g/mol. The fraction of sp³-hybridized carbons (Fsp3) is 0.600. The number of rotatable bonds is 0. The van der Waals surface area contributed by atoms with Crippen LogP contribution in [-0.2, 0) is 21.7 Å². The van der Waals surface area contributed by atoms with Crippen molar-refractivity contribution in [3.8, 4) is 0 Å². The molecule has 0 bridgehead atoms. The zero-order valence-corrected chi connectivity index (χ0v) is 16.6. The van der Waals surface area contributed by atoms with Crippen LogP contribution in [0.2, 0.25) is 0 Å². The Labute approximate surface area is 147 Å². The molecule has 0 saturated carbocycles. The normalized spacial score (nSPS) is 21.0. The Balaban J connectivity index is 0.000000364. The third-order valence-electron chi connectivity index (χ3n) is 3.71. The first kappa shape index (κ1) is 20.7. The van der Waals surface area contributed by atoms with Crippen LogP contribution in [0.25, 0.3) is 0 Å². The van der Waals surface area contributed by atoms with Gasteiger partial charge < -0.3 is 0 Å². The van der Waals surface area contributed by atoms with Gasteiger partial charge in [-0.1, -0.05) is 66.7 Å². The molecule has 0 fully saturated rings. The van der Waals surface area contributed by atoms with Crippen LogP contribution >= 0.6 is 0 Å². The van der Waals surface area contributed by atoms with E-state index in [1.807, 2.05) is 0 Å². The molecule has 0 aromatic rings. The van der Waals surface area contributed by atoms with Crippen LogP contribution in [0.4, 0.5) is 0 Å². The molecule has 0 nitrogen and oxygen atoms in total. The topological polar surface area (TPSA) is 0 Å². The number of hydrogen-bond acceptors (Lipinski definition) is 0. The maximum Gasteiger partial charge on any atom is 2.00 e. The molecule has 2 aliphatic rings. The first-order chi connectivity index (χ1) is 9.00. The maximum atomic E-state index is 3.30. The molecule has 0 aromatic carbocycles.